The quantitative estimate of drug-likeness (QED) is 0.469. The van der Waals surface area contributed by atoms with Gasteiger partial charge in [-0.2, -0.15) is 4.98 Å². The van der Waals surface area contributed by atoms with Gasteiger partial charge in [-0.1, -0.05) is 13.0 Å². The van der Waals surface area contributed by atoms with E-state index in [0.717, 1.165) is 5.56 Å². The Bertz CT molecular complexity index is 928. The Labute approximate surface area is 183 Å². The first-order chi connectivity index (χ1) is 14.4. The zero-order valence-corrected chi connectivity index (χ0v) is 19.4. The summed E-state index contributed by atoms with van der Waals surface area (Å²) in [4.78, 5) is 32.8. The summed E-state index contributed by atoms with van der Waals surface area (Å²) in [6, 6.07) is 5.50. The summed E-state index contributed by atoms with van der Waals surface area (Å²) >= 11 is 0. The molecule has 1 heterocycles. The maximum Gasteiger partial charge on any atom is 0.508 e. The molecule has 0 N–H and O–H groups in total. The lowest BCUT2D eigenvalue weighted by Crippen LogP contribution is -2.25. The summed E-state index contributed by atoms with van der Waals surface area (Å²) in [7, 11) is 0. The van der Waals surface area contributed by atoms with Crippen LogP contribution in [0.25, 0.3) is 10.9 Å². The van der Waals surface area contributed by atoms with E-state index in [2.05, 4.69) is 9.97 Å². The number of hydrogen-bond acceptors (Lipinski definition) is 8. The van der Waals surface area contributed by atoms with E-state index in [1.807, 2.05) is 45.9 Å². The van der Waals surface area contributed by atoms with E-state index in [1.165, 1.54) is 0 Å². The fraction of sp³-hybridized carbons (Fsp3) is 0.565. The van der Waals surface area contributed by atoms with Gasteiger partial charge in [0.25, 0.3) is 0 Å². The summed E-state index contributed by atoms with van der Waals surface area (Å²) in [6.45, 7) is 12.8. The largest absolute Gasteiger partial charge is 0.508 e. The van der Waals surface area contributed by atoms with Crippen LogP contribution in [0.15, 0.2) is 18.2 Å². The van der Waals surface area contributed by atoms with Crippen LogP contribution in [0.1, 0.15) is 59.9 Å². The number of aryl methyl sites for hydroxylation is 1. The number of fused-ring (bicyclic) bond motifs is 1. The molecule has 0 aliphatic carbocycles. The minimum atomic E-state index is -0.752. The highest BCUT2D eigenvalue weighted by molar-refractivity contribution is 5.85. The molecule has 0 bridgehead atoms. The molecule has 0 saturated heterocycles. The molecule has 1 aromatic carbocycles. The summed E-state index contributed by atoms with van der Waals surface area (Å²) in [5, 5.41) is 0.676. The molecule has 2 aromatic rings. The Morgan fingerprint density at radius 1 is 0.935 bits per heavy atom. The lowest BCUT2D eigenvalue weighted by atomic mass is 10.1. The first-order valence-corrected chi connectivity index (χ1v) is 10.4. The number of nitrogens with zero attached hydrogens (tertiary/aromatic N) is 2. The first-order valence-electron chi connectivity index (χ1n) is 10.4. The molecule has 0 unspecified atom stereocenters. The standard InChI is InChI=1S/C23H32N2O6/c1-8-18-24-17-10-9-15(14-19(26)30-22(2,3)4)13-16(17)20(25-18)28-11-12-29-21(27)31-23(5,6)7/h9-10,13H,8,11-12,14H2,1-7H3. The van der Waals surface area contributed by atoms with Gasteiger partial charge in [-0.25, -0.2) is 9.78 Å². The van der Waals surface area contributed by atoms with E-state index < -0.39 is 17.4 Å². The van der Waals surface area contributed by atoms with Gasteiger partial charge in [0.05, 0.1) is 17.3 Å². The lowest BCUT2D eigenvalue weighted by molar-refractivity contribution is -0.153. The second kappa shape index (κ2) is 9.94. The van der Waals surface area contributed by atoms with Gasteiger partial charge in [0.2, 0.25) is 5.88 Å². The lowest BCUT2D eigenvalue weighted by Gasteiger charge is -2.19. The zero-order chi connectivity index (χ0) is 23.2. The van der Waals surface area contributed by atoms with Crippen molar-refractivity contribution in [1.29, 1.82) is 0 Å². The van der Waals surface area contributed by atoms with Gasteiger partial charge >= 0.3 is 12.1 Å². The van der Waals surface area contributed by atoms with E-state index in [0.29, 0.717) is 29.0 Å². The van der Waals surface area contributed by atoms with Gasteiger partial charge in [-0.15, -0.1) is 0 Å². The third kappa shape index (κ3) is 8.39. The van der Waals surface area contributed by atoms with Crippen LogP contribution in [-0.2, 0) is 31.8 Å². The highest BCUT2D eigenvalue weighted by Gasteiger charge is 2.19. The molecule has 0 fully saturated rings. The summed E-state index contributed by atoms with van der Waals surface area (Å²) < 4.78 is 21.3. The second-order valence-corrected chi connectivity index (χ2v) is 9.07. The maximum absolute atomic E-state index is 12.2. The van der Waals surface area contributed by atoms with Crippen molar-refractivity contribution in [2.24, 2.45) is 0 Å². The Hall–Kier alpha value is -2.90. The van der Waals surface area contributed by atoms with Gasteiger partial charge in [-0.05, 0) is 59.2 Å². The molecule has 2 rings (SSSR count). The molecule has 8 nitrogen and oxygen atoms in total. The average Bonchev–Trinajstić information content (AvgIpc) is 2.62. The van der Waals surface area contributed by atoms with Crippen LogP contribution < -0.4 is 4.74 Å². The molecule has 31 heavy (non-hydrogen) atoms. The molecular formula is C23H32N2O6. The van der Waals surface area contributed by atoms with Crippen molar-refractivity contribution in [3.63, 3.8) is 0 Å². The van der Waals surface area contributed by atoms with Crippen LogP contribution in [0, 0.1) is 0 Å². The third-order valence-electron chi connectivity index (χ3n) is 3.79. The van der Waals surface area contributed by atoms with Crippen LogP contribution in [0.4, 0.5) is 4.79 Å². The van der Waals surface area contributed by atoms with E-state index >= 15 is 0 Å². The number of benzene rings is 1. The molecule has 0 aliphatic rings. The van der Waals surface area contributed by atoms with Gasteiger partial charge in [0.1, 0.15) is 30.2 Å². The molecule has 0 atom stereocenters. The van der Waals surface area contributed by atoms with Crippen LogP contribution in [0.2, 0.25) is 0 Å². The van der Waals surface area contributed by atoms with Crippen molar-refractivity contribution in [3.8, 4) is 5.88 Å². The van der Waals surface area contributed by atoms with E-state index in [-0.39, 0.29) is 25.6 Å². The topological polar surface area (TPSA) is 96.8 Å². The fourth-order valence-electron chi connectivity index (χ4n) is 2.66. The molecule has 0 spiro atoms. The maximum atomic E-state index is 12.2. The number of aromatic nitrogens is 2. The van der Waals surface area contributed by atoms with Gasteiger partial charge < -0.3 is 18.9 Å². The number of hydrogen-bond donors (Lipinski definition) is 0. The predicted octanol–water partition coefficient (Wildman–Crippen LogP) is 4.41. The second-order valence-electron chi connectivity index (χ2n) is 9.07. The van der Waals surface area contributed by atoms with Crippen molar-refractivity contribution >= 4 is 23.0 Å². The van der Waals surface area contributed by atoms with Crippen molar-refractivity contribution in [3.05, 3.63) is 29.6 Å². The minimum absolute atomic E-state index is 0.0134. The van der Waals surface area contributed by atoms with Crippen LogP contribution in [0.3, 0.4) is 0 Å². The Balaban J connectivity index is 2.12. The molecular weight excluding hydrogens is 400 g/mol. The molecule has 1 aromatic heterocycles. The number of ether oxygens (including phenoxy) is 4. The zero-order valence-electron chi connectivity index (χ0n) is 19.4. The van der Waals surface area contributed by atoms with Gasteiger partial charge in [0, 0.05) is 6.42 Å². The molecule has 0 aliphatic heterocycles. The van der Waals surface area contributed by atoms with Crippen molar-refractivity contribution in [2.45, 2.75) is 72.5 Å². The van der Waals surface area contributed by atoms with E-state index in [4.69, 9.17) is 18.9 Å². The monoisotopic (exact) mass is 432 g/mol. The van der Waals surface area contributed by atoms with Gasteiger partial charge in [0.15, 0.2) is 0 Å². The smallest absolute Gasteiger partial charge is 0.474 e. The SMILES string of the molecule is CCc1nc(OCCOC(=O)OC(C)(C)C)c2cc(CC(=O)OC(C)(C)C)ccc2n1. The highest BCUT2D eigenvalue weighted by atomic mass is 16.7. The number of carbonyl (C=O) groups is 2. The highest BCUT2D eigenvalue weighted by Crippen LogP contribution is 2.25. The Morgan fingerprint density at radius 2 is 1.61 bits per heavy atom. The Morgan fingerprint density at radius 3 is 2.23 bits per heavy atom. The molecule has 0 amide bonds. The molecule has 0 radical (unpaired) electrons. The van der Waals surface area contributed by atoms with Crippen LogP contribution in [-0.4, -0.2) is 46.5 Å². The van der Waals surface area contributed by atoms with Crippen molar-refractivity contribution in [1.82, 2.24) is 9.97 Å². The molecule has 8 heteroatoms. The third-order valence-corrected chi connectivity index (χ3v) is 3.79. The van der Waals surface area contributed by atoms with Crippen LogP contribution in [0.5, 0.6) is 5.88 Å². The fourth-order valence-corrected chi connectivity index (χ4v) is 2.66. The first kappa shape index (κ1) is 24.4. The van der Waals surface area contributed by atoms with Crippen molar-refractivity contribution < 1.29 is 28.5 Å². The molecule has 170 valence electrons. The van der Waals surface area contributed by atoms with Crippen LogP contribution >= 0.6 is 0 Å². The average molecular weight is 433 g/mol. The predicted molar refractivity (Wildman–Crippen MR) is 116 cm³/mol. The summed E-state index contributed by atoms with van der Waals surface area (Å²) in [6.07, 6.45) is 0.0159. The van der Waals surface area contributed by atoms with E-state index in [9.17, 15) is 9.59 Å². The number of carbonyl (C=O) groups excluding carboxylic acids is 2. The minimum Gasteiger partial charge on any atom is -0.474 e. The van der Waals surface area contributed by atoms with E-state index in [1.54, 1.807) is 20.8 Å². The molecule has 0 saturated carbocycles. The van der Waals surface area contributed by atoms with Gasteiger partial charge in [-0.3, -0.25) is 4.79 Å². The summed E-state index contributed by atoms with van der Waals surface area (Å²) in [5.74, 6) is 0.697. The Kier molecular flexibility index (Phi) is 7.81. The number of esters is 1. The number of rotatable bonds is 7. The van der Waals surface area contributed by atoms with Crippen molar-refractivity contribution in [2.75, 3.05) is 13.2 Å². The normalized spacial score (nSPS) is 11.8. The summed E-state index contributed by atoms with van der Waals surface area (Å²) in [5.41, 5.74) is 0.309.